The highest BCUT2D eigenvalue weighted by molar-refractivity contribution is 7.83. The minimum Gasteiger partial charge on any atom is -0.350 e. The number of ether oxygens (including phenoxy) is 1. The number of hydrogen-bond acceptors (Lipinski definition) is 8. The normalized spacial score (nSPS) is 17.8. The van der Waals surface area contributed by atoms with Gasteiger partial charge in [0.15, 0.2) is 11.2 Å². The summed E-state index contributed by atoms with van der Waals surface area (Å²) in [5.74, 6) is -0.356. The lowest BCUT2D eigenvalue weighted by molar-refractivity contribution is -0.145. The number of benzene rings is 4. The Morgan fingerprint density at radius 2 is 1.47 bits per heavy atom. The number of carbonyl (C=O) groups is 1. The largest absolute Gasteiger partial charge is 0.362 e. The van der Waals surface area contributed by atoms with Gasteiger partial charge in [0.2, 0.25) is 11.9 Å². The lowest BCUT2D eigenvalue weighted by Gasteiger charge is -2.50. The van der Waals surface area contributed by atoms with Crippen molar-refractivity contribution in [3.8, 4) is 0 Å². The van der Waals surface area contributed by atoms with Gasteiger partial charge in [0.05, 0.1) is 31.0 Å². The molecule has 0 saturated carbocycles. The molecule has 3 heterocycles. The first kappa shape index (κ1) is 36.4. The fourth-order valence-corrected chi connectivity index (χ4v) is 7.62. The monoisotopic (exact) mass is 751 g/mol. The lowest BCUT2D eigenvalue weighted by atomic mass is 9.75. The van der Waals surface area contributed by atoms with E-state index >= 15 is 0 Å². The van der Waals surface area contributed by atoms with Crippen molar-refractivity contribution in [1.82, 2.24) is 29.1 Å². The molecule has 1 amide bonds. The average molecular weight is 752 g/mol. The summed E-state index contributed by atoms with van der Waals surface area (Å²) in [7, 11) is 3.18. The molecule has 2 N–H and O–H groups in total. The van der Waals surface area contributed by atoms with Gasteiger partial charge >= 0.3 is 6.87 Å². The summed E-state index contributed by atoms with van der Waals surface area (Å²) >= 11 is 6.34. The van der Waals surface area contributed by atoms with E-state index in [4.69, 9.17) is 20.5 Å². The number of halogens is 1. The second-order valence-corrected chi connectivity index (χ2v) is 16.2. The number of rotatable bonds is 12. The molecule has 1 aliphatic heterocycles. The van der Waals surface area contributed by atoms with Crippen molar-refractivity contribution in [2.24, 2.45) is 0 Å². The predicted octanol–water partition coefficient (Wildman–Crippen LogP) is 6.42. The maximum absolute atomic E-state index is 13.3. The number of H-pyrrole nitrogens is 1. The van der Waals surface area contributed by atoms with Crippen molar-refractivity contribution < 1.29 is 18.6 Å². The number of hydrogen-bond donors (Lipinski definition) is 2. The molecule has 1 aliphatic rings. The van der Waals surface area contributed by atoms with Gasteiger partial charge in [0.25, 0.3) is 5.56 Å². The number of imidazole rings is 1. The highest BCUT2D eigenvalue weighted by Crippen LogP contribution is 2.54. The van der Waals surface area contributed by atoms with Gasteiger partial charge in [0, 0.05) is 13.1 Å². The minimum atomic E-state index is -3.65. The Morgan fingerprint density at radius 1 is 0.925 bits per heavy atom. The first-order valence-electron chi connectivity index (χ1n) is 17.1. The van der Waals surface area contributed by atoms with Gasteiger partial charge in [-0.1, -0.05) is 121 Å². The zero-order valence-corrected chi connectivity index (χ0v) is 30.9. The first-order valence-corrected chi connectivity index (χ1v) is 19.6. The quantitative estimate of drug-likeness (QED) is 0.107. The van der Waals surface area contributed by atoms with Crippen LogP contribution in [0.2, 0.25) is 0 Å². The van der Waals surface area contributed by atoms with Crippen LogP contribution in [0.25, 0.3) is 11.2 Å². The minimum absolute atomic E-state index is 0.0148. The number of morpholine rings is 1. The summed E-state index contributed by atoms with van der Waals surface area (Å²) in [4.78, 5) is 40.3. The van der Waals surface area contributed by atoms with E-state index in [9.17, 15) is 14.2 Å². The molecule has 1 unspecified atom stereocenters. The van der Waals surface area contributed by atoms with Gasteiger partial charge in [-0.25, -0.2) is 9.65 Å². The molecule has 0 radical (unpaired) electrons. The predicted molar refractivity (Wildman–Crippen MR) is 205 cm³/mol. The Labute approximate surface area is 311 Å². The van der Waals surface area contributed by atoms with Gasteiger partial charge in [-0.2, -0.15) is 4.98 Å². The summed E-state index contributed by atoms with van der Waals surface area (Å²) in [6.07, 6.45) is 0.188. The molecule has 1 saturated heterocycles. The zero-order valence-electron chi connectivity index (χ0n) is 29.2. The number of anilines is 1. The Balaban J connectivity index is 1.33. The Bertz CT molecular complexity index is 2180. The molecular weight excluding hydrogens is 713 g/mol. The van der Waals surface area contributed by atoms with Crippen LogP contribution in [0.5, 0.6) is 0 Å². The summed E-state index contributed by atoms with van der Waals surface area (Å²) in [5.41, 5.74) is 2.81. The van der Waals surface area contributed by atoms with Crippen LogP contribution in [0.1, 0.15) is 28.5 Å². The Kier molecular flexibility index (Phi) is 10.7. The van der Waals surface area contributed by atoms with E-state index in [1.54, 1.807) is 18.7 Å². The number of carbonyl (C=O) groups excluding carboxylic acids is 1. The number of aromatic nitrogens is 4. The second kappa shape index (κ2) is 15.6. The first-order chi connectivity index (χ1) is 25.6. The van der Waals surface area contributed by atoms with E-state index in [-0.39, 0.29) is 36.0 Å². The molecule has 272 valence electrons. The molecule has 2 aromatic heterocycles. The number of fused-ring (bicyclic) bond motifs is 1. The summed E-state index contributed by atoms with van der Waals surface area (Å²) in [6, 6.07) is 40.0. The van der Waals surface area contributed by atoms with Crippen LogP contribution in [0.15, 0.2) is 132 Å². The zero-order chi connectivity index (χ0) is 37.0. The van der Waals surface area contributed by atoms with E-state index in [0.717, 1.165) is 22.3 Å². The maximum atomic E-state index is 13.3. The fraction of sp³-hybridized carbons (Fsp3) is 0.231. The van der Waals surface area contributed by atoms with Crippen LogP contribution >= 0.6 is 18.1 Å². The van der Waals surface area contributed by atoms with Gasteiger partial charge in [-0.3, -0.25) is 33.9 Å². The van der Waals surface area contributed by atoms with Gasteiger partial charge in [0.1, 0.15) is 6.23 Å². The van der Waals surface area contributed by atoms with Crippen LogP contribution in [0.3, 0.4) is 0 Å². The number of amides is 1. The molecule has 0 spiro atoms. The third kappa shape index (κ3) is 7.61. The maximum Gasteiger partial charge on any atom is 0.362 e. The summed E-state index contributed by atoms with van der Waals surface area (Å²) in [5, 5.41) is 2.73. The van der Waals surface area contributed by atoms with E-state index in [2.05, 4.69) is 61.6 Å². The van der Waals surface area contributed by atoms with Gasteiger partial charge < -0.3 is 9.26 Å². The van der Waals surface area contributed by atoms with Crippen LogP contribution in [0, 0.1) is 0 Å². The van der Waals surface area contributed by atoms with Crippen LogP contribution < -0.4 is 10.9 Å². The standard InChI is InChI=1S/C39H39ClN7O5P/c1-45(2)53(40,50)51-26-32-24-46(39(29-17-9-4-10-18-29,30-19-11-5-12-20-30)31-21-13-6-14-22-31)25-34(52-32)47-27-41-35-36(47)43-38(44-37(35)49)42-33(48)23-28-15-7-3-8-16-28/h3-22,27,32,34H,23-26H2,1-2H3,(H2,42,43,44,48,49)/t32-,34+,53?/m0/s1. The molecule has 14 heteroatoms. The molecular formula is C39H39ClN7O5P. The van der Waals surface area contributed by atoms with Gasteiger partial charge in [-0.15, -0.1) is 0 Å². The van der Waals surface area contributed by atoms with Gasteiger partial charge in [-0.05, 0) is 47.6 Å². The van der Waals surface area contributed by atoms with Crippen LogP contribution in [-0.4, -0.2) is 74.9 Å². The van der Waals surface area contributed by atoms with Crippen molar-refractivity contribution in [2.75, 3.05) is 39.1 Å². The highest BCUT2D eigenvalue weighted by atomic mass is 35.7. The topological polar surface area (TPSA) is 135 Å². The van der Waals surface area contributed by atoms with Crippen molar-refractivity contribution >= 4 is 41.1 Å². The molecule has 1 fully saturated rings. The number of nitrogens with zero attached hydrogens (tertiary/aromatic N) is 5. The summed E-state index contributed by atoms with van der Waals surface area (Å²) in [6.45, 7) is -3.09. The SMILES string of the molecule is CN(C)P(=O)(Cl)OC[C@@H]1CN(C(c2ccccc2)(c2ccccc2)c2ccccc2)C[C@H](n2cnc3c(=O)[nH]c(NC(=O)Cc4ccccc4)nc32)O1. The molecule has 12 nitrogen and oxygen atoms in total. The van der Waals surface area contributed by atoms with E-state index in [1.807, 2.05) is 84.9 Å². The lowest BCUT2D eigenvalue weighted by Crippen LogP contribution is -2.57. The fourth-order valence-electron chi connectivity index (χ4n) is 6.87. The molecule has 7 rings (SSSR count). The van der Waals surface area contributed by atoms with E-state index < -0.39 is 30.3 Å². The molecule has 3 atom stereocenters. The molecule has 0 bridgehead atoms. The third-order valence-corrected chi connectivity index (χ3v) is 11.9. The highest BCUT2D eigenvalue weighted by Gasteiger charge is 2.47. The molecule has 0 aliphatic carbocycles. The molecule has 53 heavy (non-hydrogen) atoms. The Morgan fingerprint density at radius 3 is 2.02 bits per heavy atom. The third-order valence-electron chi connectivity index (χ3n) is 9.30. The van der Waals surface area contributed by atoms with Crippen molar-refractivity contribution in [3.05, 3.63) is 160 Å². The molecule has 4 aromatic carbocycles. The van der Waals surface area contributed by atoms with Crippen LogP contribution in [0.4, 0.5) is 5.95 Å². The number of aromatic amines is 1. The van der Waals surface area contributed by atoms with E-state index in [0.29, 0.717) is 13.1 Å². The van der Waals surface area contributed by atoms with Crippen LogP contribution in [-0.2, 0) is 30.6 Å². The van der Waals surface area contributed by atoms with Crippen molar-refractivity contribution in [2.45, 2.75) is 24.3 Å². The second-order valence-electron chi connectivity index (χ2n) is 13.0. The molecule has 6 aromatic rings. The average Bonchev–Trinajstić information content (AvgIpc) is 3.61. The van der Waals surface area contributed by atoms with E-state index in [1.165, 1.54) is 11.0 Å². The number of nitrogens with one attached hydrogen (secondary N) is 2. The van der Waals surface area contributed by atoms with Crippen molar-refractivity contribution in [1.29, 1.82) is 0 Å². The van der Waals surface area contributed by atoms with Crippen molar-refractivity contribution in [3.63, 3.8) is 0 Å². The summed E-state index contributed by atoms with van der Waals surface area (Å²) < 4.78 is 28.8. The smallest absolute Gasteiger partial charge is 0.350 e. The Hall–Kier alpha value is -4.94.